The highest BCUT2D eigenvalue weighted by atomic mass is 16.5. The van der Waals surface area contributed by atoms with Crippen LogP contribution in [0.25, 0.3) is 0 Å². The highest BCUT2D eigenvalue weighted by molar-refractivity contribution is 5.18. The Bertz CT molecular complexity index is 653. The molecule has 0 radical (unpaired) electrons. The van der Waals surface area contributed by atoms with Gasteiger partial charge in [-0.05, 0) is 32.3 Å². The average Bonchev–Trinajstić information content (AvgIpc) is 3.32. The van der Waals surface area contributed by atoms with E-state index in [1.807, 2.05) is 6.07 Å². The fourth-order valence-corrected chi connectivity index (χ4v) is 3.23. The SMILES string of the molecule is CC1CN(C(C)c2nc(C3CC3)no2)CC(c2ccccc2)O1. The number of rotatable bonds is 4. The van der Waals surface area contributed by atoms with E-state index in [0.29, 0.717) is 5.92 Å². The van der Waals surface area contributed by atoms with Crippen LogP contribution in [0, 0.1) is 0 Å². The van der Waals surface area contributed by atoms with Crippen LogP contribution in [-0.2, 0) is 4.74 Å². The fourth-order valence-electron chi connectivity index (χ4n) is 3.23. The van der Waals surface area contributed by atoms with E-state index in [0.717, 1.165) is 24.8 Å². The van der Waals surface area contributed by atoms with Gasteiger partial charge in [0.2, 0.25) is 5.89 Å². The average molecular weight is 313 g/mol. The lowest BCUT2D eigenvalue weighted by Crippen LogP contribution is -2.44. The Labute approximate surface area is 136 Å². The predicted octanol–water partition coefficient (Wildman–Crippen LogP) is 3.47. The summed E-state index contributed by atoms with van der Waals surface area (Å²) in [5.74, 6) is 2.14. The van der Waals surface area contributed by atoms with E-state index >= 15 is 0 Å². The third-order valence-corrected chi connectivity index (χ3v) is 4.76. The molecule has 0 N–H and O–H groups in total. The summed E-state index contributed by atoms with van der Waals surface area (Å²) in [6, 6.07) is 10.5. The van der Waals surface area contributed by atoms with Gasteiger partial charge in [-0.2, -0.15) is 4.98 Å². The van der Waals surface area contributed by atoms with Crippen molar-refractivity contribution in [1.82, 2.24) is 15.0 Å². The van der Waals surface area contributed by atoms with E-state index in [2.05, 4.69) is 53.2 Å². The number of aromatic nitrogens is 2. The summed E-state index contributed by atoms with van der Waals surface area (Å²) in [6.45, 7) is 5.99. The Morgan fingerprint density at radius 1 is 1.17 bits per heavy atom. The molecule has 1 saturated carbocycles. The Morgan fingerprint density at radius 2 is 1.96 bits per heavy atom. The quantitative estimate of drug-likeness (QED) is 0.865. The maximum absolute atomic E-state index is 6.13. The van der Waals surface area contributed by atoms with Crippen molar-refractivity contribution in [2.45, 2.75) is 50.9 Å². The Morgan fingerprint density at radius 3 is 2.70 bits per heavy atom. The molecule has 5 heteroatoms. The van der Waals surface area contributed by atoms with Crippen molar-refractivity contribution in [2.75, 3.05) is 13.1 Å². The molecule has 1 saturated heterocycles. The summed E-state index contributed by atoms with van der Waals surface area (Å²) in [5, 5.41) is 4.15. The van der Waals surface area contributed by atoms with Gasteiger partial charge < -0.3 is 9.26 Å². The van der Waals surface area contributed by atoms with E-state index in [1.54, 1.807) is 0 Å². The molecule has 5 nitrogen and oxygen atoms in total. The van der Waals surface area contributed by atoms with Gasteiger partial charge in [0.15, 0.2) is 5.82 Å². The molecule has 2 heterocycles. The molecule has 1 aromatic heterocycles. The summed E-state index contributed by atoms with van der Waals surface area (Å²) < 4.78 is 11.6. The molecule has 4 rings (SSSR count). The van der Waals surface area contributed by atoms with E-state index in [1.165, 1.54) is 18.4 Å². The van der Waals surface area contributed by atoms with Gasteiger partial charge in [0.05, 0.1) is 18.2 Å². The molecule has 3 atom stereocenters. The van der Waals surface area contributed by atoms with Crippen molar-refractivity contribution in [1.29, 1.82) is 0 Å². The first-order chi connectivity index (χ1) is 11.2. The standard InChI is InChI=1S/C18H23N3O2/c1-12-10-21(11-16(22-12)14-6-4-3-5-7-14)13(2)18-19-17(20-23-18)15-8-9-15/h3-7,12-13,15-16H,8-11H2,1-2H3. The third-order valence-electron chi connectivity index (χ3n) is 4.76. The van der Waals surface area contributed by atoms with E-state index in [-0.39, 0.29) is 18.2 Å². The molecule has 2 aliphatic rings. The summed E-state index contributed by atoms with van der Waals surface area (Å²) in [5.41, 5.74) is 1.22. The van der Waals surface area contributed by atoms with Crippen LogP contribution in [0.5, 0.6) is 0 Å². The summed E-state index contributed by atoms with van der Waals surface area (Å²) in [7, 11) is 0. The van der Waals surface area contributed by atoms with E-state index in [9.17, 15) is 0 Å². The molecule has 1 aromatic carbocycles. The minimum absolute atomic E-state index is 0.0909. The Hall–Kier alpha value is -1.72. The number of benzene rings is 1. The van der Waals surface area contributed by atoms with Crippen LogP contribution in [0.4, 0.5) is 0 Å². The second kappa shape index (κ2) is 6.06. The molecule has 23 heavy (non-hydrogen) atoms. The topological polar surface area (TPSA) is 51.4 Å². The number of hydrogen-bond acceptors (Lipinski definition) is 5. The number of morpholine rings is 1. The van der Waals surface area contributed by atoms with Gasteiger partial charge >= 0.3 is 0 Å². The maximum atomic E-state index is 6.13. The molecule has 1 aliphatic heterocycles. The smallest absolute Gasteiger partial charge is 0.243 e. The van der Waals surface area contributed by atoms with Gasteiger partial charge in [0.25, 0.3) is 0 Å². The monoisotopic (exact) mass is 313 g/mol. The molecule has 0 spiro atoms. The second-order valence-electron chi connectivity index (χ2n) is 6.74. The first kappa shape index (κ1) is 14.8. The Kier molecular flexibility index (Phi) is 3.91. The van der Waals surface area contributed by atoms with Crippen molar-refractivity contribution < 1.29 is 9.26 Å². The van der Waals surface area contributed by atoms with Crippen molar-refractivity contribution >= 4 is 0 Å². The van der Waals surface area contributed by atoms with Crippen LogP contribution < -0.4 is 0 Å². The van der Waals surface area contributed by atoms with Gasteiger partial charge in [0.1, 0.15) is 0 Å². The molecule has 3 unspecified atom stereocenters. The largest absolute Gasteiger partial charge is 0.368 e. The van der Waals surface area contributed by atoms with E-state index < -0.39 is 0 Å². The number of nitrogens with zero attached hydrogens (tertiary/aromatic N) is 3. The van der Waals surface area contributed by atoms with Crippen LogP contribution in [0.2, 0.25) is 0 Å². The third kappa shape index (κ3) is 3.16. The molecular formula is C18H23N3O2. The lowest BCUT2D eigenvalue weighted by Gasteiger charge is -2.39. The predicted molar refractivity (Wildman–Crippen MR) is 86.0 cm³/mol. The maximum Gasteiger partial charge on any atom is 0.243 e. The zero-order valence-corrected chi connectivity index (χ0v) is 13.7. The van der Waals surface area contributed by atoms with Crippen LogP contribution >= 0.6 is 0 Å². The highest BCUT2D eigenvalue weighted by Gasteiger charge is 2.34. The lowest BCUT2D eigenvalue weighted by atomic mass is 10.1. The Balaban J connectivity index is 1.50. The first-order valence-electron chi connectivity index (χ1n) is 8.48. The van der Waals surface area contributed by atoms with Crippen LogP contribution in [0.15, 0.2) is 34.9 Å². The van der Waals surface area contributed by atoms with E-state index in [4.69, 9.17) is 9.26 Å². The first-order valence-corrected chi connectivity index (χ1v) is 8.48. The molecular weight excluding hydrogens is 290 g/mol. The van der Waals surface area contributed by atoms with Gasteiger partial charge in [0, 0.05) is 19.0 Å². The molecule has 122 valence electrons. The lowest BCUT2D eigenvalue weighted by molar-refractivity contribution is -0.0922. The summed E-state index contributed by atoms with van der Waals surface area (Å²) >= 11 is 0. The van der Waals surface area contributed by atoms with Gasteiger partial charge in [-0.15, -0.1) is 0 Å². The van der Waals surface area contributed by atoms with Crippen molar-refractivity contribution in [3.05, 3.63) is 47.6 Å². The minimum atomic E-state index is 0.0909. The number of hydrogen-bond donors (Lipinski definition) is 0. The van der Waals surface area contributed by atoms with Crippen LogP contribution in [0.3, 0.4) is 0 Å². The molecule has 2 aromatic rings. The molecule has 0 amide bonds. The zero-order chi connectivity index (χ0) is 15.8. The van der Waals surface area contributed by atoms with Gasteiger partial charge in [-0.25, -0.2) is 0 Å². The summed E-state index contributed by atoms with van der Waals surface area (Å²) in [4.78, 5) is 6.99. The normalized spacial score (nSPS) is 27.0. The highest BCUT2D eigenvalue weighted by Crippen LogP contribution is 2.39. The van der Waals surface area contributed by atoms with Crippen molar-refractivity contribution in [3.63, 3.8) is 0 Å². The van der Waals surface area contributed by atoms with Crippen LogP contribution in [0.1, 0.15) is 62.0 Å². The molecule has 2 fully saturated rings. The van der Waals surface area contributed by atoms with Crippen LogP contribution in [-0.4, -0.2) is 34.2 Å². The molecule has 1 aliphatic carbocycles. The minimum Gasteiger partial charge on any atom is -0.368 e. The van der Waals surface area contributed by atoms with Gasteiger partial charge in [-0.3, -0.25) is 4.90 Å². The zero-order valence-electron chi connectivity index (χ0n) is 13.7. The van der Waals surface area contributed by atoms with Crippen molar-refractivity contribution in [2.24, 2.45) is 0 Å². The summed E-state index contributed by atoms with van der Waals surface area (Å²) in [6.07, 6.45) is 2.66. The van der Waals surface area contributed by atoms with Crippen molar-refractivity contribution in [3.8, 4) is 0 Å². The fraction of sp³-hybridized carbons (Fsp3) is 0.556. The van der Waals surface area contributed by atoms with Gasteiger partial charge in [-0.1, -0.05) is 35.5 Å². The second-order valence-corrected chi connectivity index (χ2v) is 6.74. The number of ether oxygens (including phenoxy) is 1. The molecule has 0 bridgehead atoms.